The lowest BCUT2D eigenvalue weighted by atomic mass is 9.72. The van der Waals surface area contributed by atoms with E-state index < -0.39 is 39.3 Å². The van der Waals surface area contributed by atoms with Crippen molar-refractivity contribution >= 4 is 21.6 Å². The number of rotatable bonds is 6. The van der Waals surface area contributed by atoms with Crippen molar-refractivity contribution < 1.29 is 41.0 Å². The van der Waals surface area contributed by atoms with Crippen LogP contribution in [0.5, 0.6) is 5.88 Å². The van der Waals surface area contributed by atoms with Crippen LogP contribution in [0.4, 0.5) is 13.2 Å². The van der Waals surface area contributed by atoms with Gasteiger partial charge in [-0.25, -0.2) is 13.4 Å². The first-order valence-electron chi connectivity index (χ1n) is 14.4. The molecule has 0 fully saturated rings. The van der Waals surface area contributed by atoms with Gasteiger partial charge < -0.3 is 14.6 Å². The molecule has 1 N–H and O–H groups in total. The van der Waals surface area contributed by atoms with Crippen molar-refractivity contribution in [3.63, 3.8) is 0 Å². The zero-order valence-electron chi connectivity index (χ0n) is 25.6. The third-order valence-electron chi connectivity index (χ3n) is 8.07. The molecule has 16 heteroatoms. The number of aryl methyl sites for hydroxylation is 2. The Balaban J connectivity index is 1.61. The number of hydrogen-bond acceptors (Lipinski definition) is 9. The average Bonchev–Trinajstić information content (AvgIpc) is 3.43. The van der Waals surface area contributed by atoms with E-state index in [9.17, 15) is 31.5 Å². The zero-order valence-corrected chi connectivity index (χ0v) is 26.4. The summed E-state index contributed by atoms with van der Waals surface area (Å²) < 4.78 is 81.8. The van der Waals surface area contributed by atoms with Gasteiger partial charge in [-0.2, -0.15) is 17.5 Å². The molecule has 0 saturated carbocycles. The molecule has 5 heterocycles. The molecule has 4 aromatic rings. The highest BCUT2D eigenvalue weighted by molar-refractivity contribution is 7.89. The summed E-state index contributed by atoms with van der Waals surface area (Å²) >= 11 is 0. The Hall–Kier alpha value is -4.15. The van der Waals surface area contributed by atoms with E-state index in [1.54, 1.807) is 26.0 Å². The van der Waals surface area contributed by atoms with Gasteiger partial charge in [0.2, 0.25) is 21.7 Å². The lowest BCUT2D eigenvalue weighted by Gasteiger charge is -2.32. The summed E-state index contributed by atoms with van der Waals surface area (Å²) in [7, 11) is -4.13. The van der Waals surface area contributed by atoms with E-state index in [0.29, 0.717) is 41.1 Å². The summed E-state index contributed by atoms with van der Waals surface area (Å²) in [6.45, 7) is 6.92. The summed E-state index contributed by atoms with van der Waals surface area (Å²) in [5, 5.41) is 17.4. The Kier molecular flexibility index (Phi) is 9.07. The van der Waals surface area contributed by atoms with E-state index in [0.717, 1.165) is 10.6 Å². The average molecular weight is 663 g/mol. The Bertz CT molecular complexity index is 1880. The number of ether oxygens (including phenoxy) is 2. The molecule has 0 bridgehead atoms. The van der Waals surface area contributed by atoms with Crippen molar-refractivity contribution in [2.45, 2.75) is 57.7 Å². The molecule has 0 aliphatic carbocycles. The Morgan fingerprint density at radius 2 is 1.85 bits per heavy atom. The molecule has 12 nitrogen and oxygen atoms in total. The molecule has 1 aliphatic rings. The molecule has 46 heavy (non-hydrogen) atoms. The fraction of sp³-hybridized carbons (Fsp3) is 0.433. The number of hydrogen-bond donors (Lipinski definition) is 1. The van der Waals surface area contributed by atoms with Gasteiger partial charge in [-0.05, 0) is 75.1 Å². The third kappa shape index (κ3) is 6.28. The number of pyridine rings is 3. The van der Waals surface area contributed by atoms with Gasteiger partial charge in [0.25, 0.3) is 0 Å². The Morgan fingerprint density at radius 3 is 2.57 bits per heavy atom. The van der Waals surface area contributed by atoms with Crippen LogP contribution >= 0.6 is 0 Å². The molecular formula is C30H33F3N6O6S. The first-order chi connectivity index (χ1) is 21.6. The monoisotopic (exact) mass is 662 g/mol. The second kappa shape index (κ2) is 12.6. The van der Waals surface area contributed by atoms with E-state index in [4.69, 9.17) is 14.5 Å². The minimum absolute atomic E-state index is 0.0484. The van der Waals surface area contributed by atoms with Gasteiger partial charge in [-0.1, -0.05) is 6.07 Å². The van der Waals surface area contributed by atoms with Crippen LogP contribution in [0.25, 0.3) is 5.65 Å². The number of sulfonamides is 1. The number of nitrogens with zero attached hydrogens (tertiary/aromatic N) is 6. The van der Waals surface area contributed by atoms with E-state index in [1.807, 2.05) is 0 Å². The summed E-state index contributed by atoms with van der Waals surface area (Å²) in [6.07, 6.45) is -1.77. The topological polar surface area (TPSA) is 149 Å². The second-order valence-corrected chi connectivity index (χ2v) is 13.4. The number of alkyl halides is 3. The van der Waals surface area contributed by atoms with Crippen LogP contribution in [-0.2, 0) is 32.3 Å². The van der Waals surface area contributed by atoms with Gasteiger partial charge in [-0.3, -0.25) is 14.2 Å². The molecule has 5 rings (SSSR count). The number of carbonyl (C=O) groups is 1. The molecule has 0 amide bonds. The minimum Gasteiger partial charge on any atom is -0.481 e. The Labute approximate surface area is 263 Å². The lowest BCUT2D eigenvalue weighted by Crippen LogP contribution is -2.35. The van der Waals surface area contributed by atoms with Crippen LogP contribution < -0.4 is 4.74 Å². The van der Waals surface area contributed by atoms with E-state index >= 15 is 0 Å². The molecule has 0 saturated heterocycles. The molecule has 0 unspecified atom stereocenters. The quantitative estimate of drug-likeness (QED) is 0.315. The van der Waals surface area contributed by atoms with Gasteiger partial charge in [0.05, 0.1) is 24.3 Å². The Morgan fingerprint density at radius 1 is 1.09 bits per heavy atom. The summed E-state index contributed by atoms with van der Waals surface area (Å²) in [5.41, 5.74) is 0.423. The summed E-state index contributed by atoms with van der Waals surface area (Å²) in [5.74, 6) is -3.39. The number of halogens is 3. The minimum atomic E-state index is -4.75. The largest absolute Gasteiger partial charge is 0.481 e. The molecule has 0 aromatic carbocycles. The van der Waals surface area contributed by atoms with Crippen LogP contribution in [0, 0.1) is 19.3 Å². The first-order valence-corrected chi connectivity index (χ1v) is 15.8. The highest BCUT2D eigenvalue weighted by Gasteiger charge is 2.42. The van der Waals surface area contributed by atoms with E-state index in [-0.39, 0.29) is 42.7 Å². The molecule has 1 aliphatic heterocycles. The maximum absolute atomic E-state index is 14.0. The molecule has 1 atom stereocenters. The number of carboxylic acid groups (broad SMARTS) is 1. The second-order valence-electron chi connectivity index (χ2n) is 11.5. The molecular weight excluding hydrogens is 629 g/mol. The molecule has 246 valence electrons. The number of fused-ring (bicyclic) bond motifs is 2. The highest BCUT2D eigenvalue weighted by Crippen LogP contribution is 2.43. The number of aliphatic carboxylic acids is 1. The maximum atomic E-state index is 14.0. The standard InChI is InChI=1S/C30H33F3N6O6S/c1-18-8-9-21(24(29(3,4)28(40)41)20-10-13-39-25(19(20)2)36-37-27(39)30(31,32)33)35-22(18)17-38-12-6-14-44-15-16-45-26-23(46(38,42)43)7-5-11-34-26/h5,7-11,13,24H,6,12,14-17H2,1-4H3,(H,40,41)/t24-/m1/s1. The number of carboxylic acids is 1. The fourth-order valence-corrected chi connectivity index (χ4v) is 6.99. The van der Waals surface area contributed by atoms with Crippen LogP contribution in [0.1, 0.15) is 60.1 Å². The van der Waals surface area contributed by atoms with Crippen LogP contribution in [0.3, 0.4) is 0 Å². The molecule has 0 radical (unpaired) electrons. The normalized spacial score (nSPS) is 17.1. The summed E-state index contributed by atoms with van der Waals surface area (Å²) in [4.78, 5) is 21.4. The third-order valence-corrected chi connectivity index (χ3v) is 9.92. The van der Waals surface area contributed by atoms with Crippen molar-refractivity contribution in [1.29, 1.82) is 0 Å². The predicted octanol–water partition coefficient (Wildman–Crippen LogP) is 4.39. The van der Waals surface area contributed by atoms with Crippen molar-refractivity contribution in [3.8, 4) is 5.88 Å². The fourth-order valence-electron chi connectivity index (χ4n) is 5.47. The van der Waals surface area contributed by atoms with Crippen LogP contribution in [-0.4, -0.2) is 74.7 Å². The van der Waals surface area contributed by atoms with Crippen molar-refractivity contribution in [2.75, 3.05) is 26.4 Å². The van der Waals surface area contributed by atoms with Crippen molar-refractivity contribution in [1.82, 2.24) is 28.9 Å². The highest BCUT2D eigenvalue weighted by atomic mass is 32.2. The van der Waals surface area contributed by atoms with Crippen molar-refractivity contribution in [3.05, 3.63) is 76.6 Å². The van der Waals surface area contributed by atoms with Gasteiger partial charge in [-0.15, -0.1) is 10.2 Å². The van der Waals surface area contributed by atoms with Gasteiger partial charge in [0, 0.05) is 37.2 Å². The zero-order chi connectivity index (χ0) is 33.4. The smallest absolute Gasteiger partial charge is 0.452 e. The SMILES string of the molecule is Cc1ccc([C@@H](c2ccn3c(C(F)(F)F)nnc3c2C)C(C)(C)C(=O)O)nc1CN1CCCOCCOc2ncccc2S1(=O)=O. The van der Waals surface area contributed by atoms with Gasteiger partial charge in [0.15, 0.2) is 5.65 Å². The molecule has 0 spiro atoms. The maximum Gasteiger partial charge on any atom is 0.452 e. The first kappa shape index (κ1) is 33.2. The molecule has 4 aromatic heterocycles. The lowest BCUT2D eigenvalue weighted by molar-refractivity contribution is -0.147. The van der Waals surface area contributed by atoms with E-state index in [2.05, 4.69) is 15.2 Å². The van der Waals surface area contributed by atoms with Gasteiger partial charge in [0.1, 0.15) is 11.5 Å². The van der Waals surface area contributed by atoms with Crippen LogP contribution in [0.2, 0.25) is 0 Å². The van der Waals surface area contributed by atoms with E-state index in [1.165, 1.54) is 42.5 Å². The van der Waals surface area contributed by atoms with Gasteiger partial charge >= 0.3 is 12.1 Å². The predicted molar refractivity (Wildman–Crippen MR) is 158 cm³/mol. The van der Waals surface area contributed by atoms with Crippen molar-refractivity contribution in [2.24, 2.45) is 5.41 Å². The number of aromatic nitrogens is 5. The summed E-state index contributed by atoms with van der Waals surface area (Å²) in [6, 6.07) is 7.70. The van der Waals surface area contributed by atoms with Crippen LogP contribution in [0.15, 0.2) is 47.6 Å².